The molecule has 36 heavy (non-hydrogen) atoms. The van der Waals surface area contributed by atoms with Gasteiger partial charge in [0.15, 0.2) is 0 Å². The van der Waals surface area contributed by atoms with Crippen molar-refractivity contribution >= 4 is 5.69 Å². The summed E-state index contributed by atoms with van der Waals surface area (Å²) in [5, 5.41) is 26.1. The van der Waals surface area contributed by atoms with E-state index < -0.39 is 6.10 Å². The maximum absolute atomic E-state index is 10.7. The molecule has 0 amide bonds. The molecule has 0 aliphatic carbocycles. The molecule has 0 radical (unpaired) electrons. The Balaban J connectivity index is 1.24. The molecule has 3 N–H and O–H groups in total. The average molecular weight is 496 g/mol. The van der Waals surface area contributed by atoms with E-state index >= 15 is 0 Å². The lowest BCUT2D eigenvalue weighted by Crippen LogP contribution is -2.48. The molecule has 1 unspecified atom stereocenters. The smallest absolute Gasteiger partial charge is 0.141 e. The molecule has 0 bridgehead atoms. The lowest BCUT2D eigenvalue weighted by Gasteiger charge is -2.41. The number of piperidine rings is 1. The first-order chi connectivity index (χ1) is 17.5. The van der Waals surface area contributed by atoms with Crippen molar-refractivity contribution in [3.63, 3.8) is 0 Å². The van der Waals surface area contributed by atoms with Crippen LogP contribution in [0.4, 0.5) is 5.69 Å². The number of aromatic hydroxyl groups is 2. The van der Waals surface area contributed by atoms with Gasteiger partial charge >= 0.3 is 0 Å². The third-order valence-electron chi connectivity index (χ3n) is 7.14. The number of rotatable bonds is 7. The van der Waals surface area contributed by atoms with Crippen LogP contribution in [0, 0.1) is 0 Å². The Morgan fingerprint density at radius 3 is 2.39 bits per heavy atom. The molecular formula is C28H37N3O5. The van der Waals surface area contributed by atoms with Gasteiger partial charge in [-0.2, -0.15) is 0 Å². The largest absolute Gasteiger partial charge is 0.508 e. The van der Waals surface area contributed by atoms with E-state index in [1.807, 2.05) is 41.6 Å². The number of hydrogen-bond donors (Lipinski definition) is 3. The first kappa shape index (κ1) is 24.7. The van der Waals surface area contributed by atoms with Gasteiger partial charge in [0.05, 0.1) is 11.6 Å². The number of nitrogens with zero attached hydrogens (tertiary/aromatic N) is 2. The quantitative estimate of drug-likeness (QED) is 0.486. The SMILES string of the molecule is CC(C)Nc1ccc(Oc2cc(O)cc(O)c2C2C=CN(C3CCN(C4CCOCC4)CC3)O2)cc1. The summed E-state index contributed by atoms with van der Waals surface area (Å²) in [5.41, 5.74) is 1.49. The van der Waals surface area contributed by atoms with E-state index in [0.717, 1.165) is 57.7 Å². The Bertz CT molecular complexity index is 1040. The van der Waals surface area contributed by atoms with E-state index in [9.17, 15) is 10.2 Å². The zero-order chi connectivity index (χ0) is 25.1. The molecular weight excluding hydrogens is 458 g/mol. The third kappa shape index (κ3) is 5.72. The van der Waals surface area contributed by atoms with Crippen LogP contribution >= 0.6 is 0 Å². The van der Waals surface area contributed by atoms with E-state index in [-0.39, 0.29) is 17.5 Å². The lowest BCUT2D eigenvalue weighted by atomic mass is 9.99. The van der Waals surface area contributed by atoms with Crippen molar-refractivity contribution in [2.45, 2.75) is 63.8 Å². The Labute approximate surface area is 213 Å². The highest BCUT2D eigenvalue weighted by atomic mass is 16.7. The molecule has 2 aromatic carbocycles. The number of hydrogen-bond acceptors (Lipinski definition) is 8. The fourth-order valence-electron chi connectivity index (χ4n) is 5.32. The Morgan fingerprint density at radius 1 is 0.972 bits per heavy atom. The molecule has 0 spiro atoms. The van der Waals surface area contributed by atoms with Gasteiger partial charge in [-0.1, -0.05) is 0 Å². The first-order valence-corrected chi connectivity index (χ1v) is 13.0. The van der Waals surface area contributed by atoms with Crippen LogP contribution in [0.15, 0.2) is 48.7 Å². The molecule has 2 saturated heterocycles. The molecule has 5 rings (SSSR count). The second-order valence-corrected chi connectivity index (χ2v) is 10.1. The van der Waals surface area contributed by atoms with Crippen molar-refractivity contribution in [2.75, 3.05) is 31.6 Å². The summed E-state index contributed by atoms with van der Waals surface area (Å²) < 4.78 is 11.6. The van der Waals surface area contributed by atoms with Crippen LogP contribution < -0.4 is 10.1 Å². The van der Waals surface area contributed by atoms with Crippen molar-refractivity contribution in [2.24, 2.45) is 0 Å². The highest BCUT2D eigenvalue weighted by Crippen LogP contribution is 2.44. The second kappa shape index (κ2) is 11.0. The monoisotopic (exact) mass is 495 g/mol. The maximum atomic E-state index is 10.7. The molecule has 2 fully saturated rings. The number of phenolic OH excluding ortho intramolecular Hbond substituents is 2. The number of benzene rings is 2. The second-order valence-electron chi connectivity index (χ2n) is 10.1. The summed E-state index contributed by atoms with van der Waals surface area (Å²) in [5.74, 6) is 0.843. The first-order valence-electron chi connectivity index (χ1n) is 13.0. The normalized spacial score (nSPS) is 21.9. The zero-order valence-electron chi connectivity index (χ0n) is 21.1. The number of phenols is 2. The molecule has 8 nitrogen and oxygen atoms in total. The standard InChI is InChI=1S/C28H37N3O5/c1-19(2)29-20-3-5-24(6-4-20)35-27-18-23(32)17-25(33)28(27)26-9-14-31(36-26)22-7-12-30(13-8-22)21-10-15-34-16-11-21/h3-6,9,14,17-19,21-22,26,29,32-33H,7-8,10-13,15-16H2,1-2H3. The molecule has 8 heteroatoms. The van der Waals surface area contributed by atoms with E-state index in [1.54, 1.807) is 0 Å². The fourth-order valence-corrected chi connectivity index (χ4v) is 5.32. The molecule has 1 atom stereocenters. The fraction of sp³-hybridized carbons (Fsp3) is 0.500. The van der Waals surface area contributed by atoms with Crippen molar-refractivity contribution < 1.29 is 24.5 Å². The van der Waals surface area contributed by atoms with Crippen molar-refractivity contribution in [3.8, 4) is 23.0 Å². The van der Waals surface area contributed by atoms with Crippen molar-refractivity contribution in [3.05, 3.63) is 54.2 Å². The van der Waals surface area contributed by atoms with E-state index in [1.165, 1.54) is 12.1 Å². The van der Waals surface area contributed by atoms with Crippen molar-refractivity contribution in [1.29, 1.82) is 0 Å². The summed E-state index contributed by atoms with van der Waals surface area (Å²) in [6.45, 7) is 8.00. The number of hydroxylamine groups is 2. The Kier molecular flexibility index (Phi) is 7.55. The maximum Gasteiger partial charge on any atom is 0.141 e. The van der Waals surface area contributed by atoms with Gasteiger partial charge in [0.1, 0.15) is 29.1 Å². The highest BCUT2D eigenvalue weighted by Gasteiger charge is 2.33. The molecule has 0 aromatic heterocycles. The van der Waals surface area contributed by atoms with Gasteiger partial charge < -0.3 is 29.9 Å². The van der Waals surface area contributed by atoms with Crippen LogP contribution in [0.25, 0.3) is 0 Å². The van der Waals surface area contributed by atoms with Crippen LogP contribution in [0.3, 0.4) is 0 Å². The van der Waals surface area contributed by atoms with Crippen LogP contribution in [-0.2, 0) is 9.57 Å². The minimum Gasteiger partial charge on any atom is -0.508 e. The average Bonchev–Trinajstić information content (AvgIpc) is 3.35. The van der Waals surface area contributed by atoms with Crippen LogP contribution in [-0.4, -0.2) is 64.6 Å². The lowest BCUT2D eigenvalue weighted by molar-refractivity contribution is -0.168. The Hall–Kier alpha value is -2.94. The molecule has 2 aromatic rings. The minimum atomic E-state index is -0.504. The number of ether oxygens (including phenoxy) is 2. The summed E-state index contributed by atoms with van der Waals surface area (Å²) in [6.07, 6.45) is 7.67. The van der Waals surface area contributed by atoms with Gasteiger partial charge in [-0.05, 0) is 69.9 Å². The summed E-state index contributed by atoms with van der Waals surface area (Å²) in [4.78, 5) is 8.87. The van der Waals surface area contributed by atoms with Gasteiger partial charge in [0.25, 0.3) is 0 Å². The van der Waals surface area contributed by atoms with Crippen LogP contribution in [0.1, 0.15) is 51.2 Å². The van der Waals surface area contributed by atoms with E-state index in [2.05, 4.69) is 24.1 Å². The minimum absolute atomic E-state index is 0.0612. The predicted molar refractivity (Wildman–Crippen MR) is 138 cm³/mol. The summed E-state index contributed by atoms with van der Waals surface area (Å²) >= 11 is 0. The Morgan fingerprint density at radius 2 is 1.69 bits per heavy atom. The summed E-state index contributed by atoms with van der Waals surface area (Å²) in [6, 6.07) is 11.7. The van der Waals surface area contributed by atoms with Gasteiger partial charge in [0, 0.05) is 62.4 Å². The predicted octanol–water partition coefficient (Wildman–Crippen LogP) is 5.16. The molecule has 0 saturated carbocycles. The molecule has 3 aliphatic rings. The number of nitrogens with one attached hydrogen (secondary N) is 1. The van der Waals surface area contributed by atoms with Crippen molar-refractivity contribution in [1.82, 2.24) is 9.96 Å². The van der Waals surface area contributed by atoms with E-state index in [4.69, 9.17) is 14.3 Å². The zero-order valence-corrected chi connectivity index (χ0v) is 21.1. The number of anilines is 1. The molecule has 3 aliphatic heterocycles. The van der Waals surface area contributed by atoms with Crippen LogP contribution in [0.5, 0.6) is 23.0 Å². The van der Waals surface area contributed by atoms with Gasteiger partial charge in [0.2, 0.25) is 0 Å². The number of likely N-dealkylation sites (tertiary alicyclic amines) is 1. The van der Waals surface area contributed by atoms with Gasteiger partial charge in [-0.3, -0.25) is 9.90 Å². The topological polar surface area (TPSA) is 86.7 Å². The van der Waals surface area contributed by atoms with Gasteiger partial charge in [-0.15, -0.1) is 0 Å². The molecule has 194 valence electrons. The van der Waals surface area contributed by atoms with Gasteiger partial charge in [-0.25, -0.2) is 0 Å². The molecule has 3 heterocycles. The summed E-state index contributed by atoms with van der Waals surface area (Å²) in [7, 11) is 0. The third-order valence-corrected chi connectivity index (χ3v) is 7.14. The van der Waals surface area contributed by atoms with E-state index in [0.29, 0.717) is 29.1 Å². The highest BCUT2D eigenvalue weighted by molar-refractivity contribution is 5.54. The van der Waals surface area contributed by atoms with Crippen LogP contribution in [0.2, 0.25) is 0 Å².